The first-order chi connectivity index (χ1) is 17.2. The van der Waals surface area contributed by atoms with Crippen molar-refractivity contribution < 1.29 is 18.4 Å². The summed E-state index contributed by atoms with van der Waals surface area (Å²) in [7, 11) is 0. The van der Waals surface area contributed by atoms with Crippen molar-refractivity contribution in [3.8, 4) is 28.5 Å². The summed E-state index contributed by atoms with van der Waals surface area (Å²) in [6.07, 6.45) is 3.25. The summed E-state index contributed by atoms with van der Waals surface area (Å²) in [5, 5.41) is 12.7. The molecule has 0 fully saturated rings. The Morgan fingerprint density at radius 3 is 2.66 bits per heavy atom. The molecule has 0 N–H and O–H groups in total. The molecule has 0 atom stereocenters. The van der Waals surface area contributed by atoms with E-state index < -0.39 is 11.8 Å². The molecule has 0 unspecified atom stereocenters. The zero-order chi connectivity index (χ0) is 24.0. The van der Waals surface area contributed by atoms with E-state index in [0.717, 1.165) is 17.4 Å². The van der Waals surface area contributed by atoms with Gasteiger partial charge in [0.25, 0.3) is 5.89 Å². The highest BCUT2D eigenvalue weighted by Gasteiger charge is 2.20. The van der Waals surface area contributed by atoms with Crippen molar-refractivity contribution >= 4 is 17.7 Å². The van der Waals surface area contributed by atoms with Crippen LogP contribution in [0.3, 0.4) is 0 Å². The molecule has 3 heterocycles. The molecule has 0 bridgehead atoms. The number of halogens is 1. The van der Waals surface area contributed by atoms with E-state index in [4.69, 9.17) is 9.26 Å². The average Bonchev–Trinajstić information content (AvgIpc) is 3.55. The quantitative estimate of drug-likeness (QED) is 0.232. The molecule has 0 saturated carbocycles. The zero-order valence-corrected chi connectivity index (χ0v) is 18.9. The third-order valence-corrected chi connectivity index (χ3v) is 5.73. The third kappa shape index (κ3) is 5.09. The van der Waals surface area contributed by atoms with Gasteiger partial charge in [0.15, 0.2) is 17.6 Å². The van der Waals surface area contributed by atoms with Gasteiger partial charge in [0.05, 0.1) is 11.3 Å². The molecular formula is C24H17FN6O3S. The van der Waals surface area contributed by atoms with Crippen LogP contribution < -0.4 is 0 Å². The standard InChI is InChI=1S/C24H17FN6O3S/c25-19-11-5-4-10-18(19)23-28-29-24(31(23)17-8-2-1-3-9-17)35-15-21(32)33-14-20-27-22(30-34-20)16-7-6-12-26-13-16/h1-13H,14-15H2. The number of pyridine rings is 1. The van der Waals surface area contributed by atoms with Crippen molar-refractivity contribution in [2.75, 3.05) is 5.75 Å². The topological polar surface area (TPSA) is 109 Å². The first-order valence-electron chi connectivity index (χ1n) is 10.5. The molecule has 35 heavy (non-hydrogen) atoms. The summed E-state index contributed by atoms with van der Waals surface area (Å²) in [5.41, 5.74) is 1.73. The maximum Gasteiger partial charge on any atom is 0.316 e. The Kier molecular flexibility index (Phi) is 6.57. The second-order valence-corrected chi connectivity index (χ2v) is 8.10. The number of carbonyl (C=O) groups is 1. The lowest BCUT2D eigenvalue weighted by Crippen LogP contribution is -2.09. The van der Waals surface area contributed by atoms with Crippen LogP contribution in [-0.2, 0) is 16.1 Å². The fourth-order valence-electron chi connectivity index (χ4n) is 3.22. The van der Waals surface area contributed by atoms with Crippen LogP contribution in [-0.4, -0.2) is 41.6 Å². The summed E-state index contributed by atoms with van der Waals surface area (Å²) in [5.74, 6) is -0.124. The van der Waals surface area contributed by atoms with E-state index in [2.05, 4.69) is 25.3 Å². The van der Waals surface area contributed by atoms with Gasteiger partial charge in [0.2, 0.25) is 5.82 Å². The highest BCUT2D eigenvalue weighted by Crippen LogP contribution is 2.29. The minimum atomic E-state index is -0.508. The predicted molar refractivity (Wildman–Crippen MR) is 125 cm³/mol. The SMILES string of the molecule is O=C(CSc1nnc(-c2ccccc2F)n1-c1ccccc1)OCc1nc(-c2cccnc2)no1. The number of hydrogen-bond acceptors (Lipinski definition) is 9. The maximum absolute atomic E-state index is 14.5. The van der Waals surface area contributed by atoms with Crippen molar-refractivity contribution in [2.24, 2.45) is 0 Å². The van der Waals surface area contributed by atoms with Crippen LogP contribution in [0.1, 0.15) is 5.89 Å². The maximum atomic E-state index is 14.5. The number of rotatable bonds is 8. The van der Waals surface area contributed by atoms with Gasteiger partial charge in [-0.3, -0.25) is 14.3 Å². The first kappa shape index (κ1) is 22.4. The van der Waals surface area contributed by atoms with E-state index in [-0.39, 0.29) is 18.3 Å². The van der Waals surface area contributed by atoms with Gasteiger partial charge >= 0.3 is 5.97 Å². The van der Waals surface area contributed by atoms with Gasteiger partial charge in [0, 0.05) is 23.6 Å². The van der Waals surface area contributed by atoms with E-state index in [1.165, 1.54) is 6.07 Å². The minimum Gasteiger partial charge on any atom is -0.455 e. The first-order valence-corrected chi connectivity index (χ1v) is 11.4. The van der Waals surface area contributed by atoms with Gasteiger partial charge in [-0.15, -0.1) is 10.2 Å². The average molecular weight is 489 g/mol. The summed E-state index contributed by atoms with van der Waals surface area (Å²) in [4.78, 5) is 20.6. The fraction of sp³-hybridized carbons (Fsp3) is 0.0833. The number of ether oxygens (including phenoxy) is 1. The number of esters is 1. The number of hydrogen-bond donors (Lipinski definition) is 0. The molecule has 11 heteroatoms. The predicted octanol–water partition coefficient (Wildman–Crippen LogP) is 4.35. The van der Waals surface area contributed by atoms with Gasteiger partial charge in [-0.05, 0) is 36.4 Å². The molecule has 0 aliphatic carbocycles. The minimum absolute atomic E-state index is 0.0498. The highest BCUT2D eigenvalue weighted by atomic mass is 32.2. The van der Waals surface area contributed by atoms with Crippen LogP contribution in [0.5, 0.6) is 0 Å². The van der Waals surface area contributed by atoms with Crippen molar-refractivity contribution in [1.29, 1.82) is 0 Å². The van der Waals surface area contributed by atoms with Crippen LogP contribution in [0.2, 0.25) is 0 Å². The molecular weight excluding hydrogens is 471 g/mol. The molecule has 5 rings (SSSR count). The molecule has 0 saturated heterocycles. The van der Waals surface area contributed by atoms with Crippen molar-refractivity contribution in [3.63, 3.8) is 0 Å². The summed E-state index contributed by atoms with van der Waals surface area (Å²) >= 11 is 1.13. The van der Waals surface area contributed by atoms with Crippen LogP contribution in [0.25, 0.3) is 28.5 Å². The number of carbonyl (C=O) groups excluding carboxylic acids is 1. The Labute approximate surface area is 203 Å². The number of para-hydroxylation sites is 1. The fourth-order valence-corrected chi connectivity index (χ4v) is 3.97. The lowest BCUT2D eigenvalue weighted by molar-refractivity contribution is -0.142. The van der Waals surface area contributed by atoms with Crippen molar-refractivity contribution in [1.82, 2.24) is 29.9 Å². The van der Waals surface area contributed by atoms with E-state index in [1.807, 2.05) is 30.3 Å². The van der Waals surface area contributed by atoms with Gasteiger partial charge in [-0.2, -0.15) is 4.98 Å². The number of benzene rings is 2. The molecule has 0 spiro atoms. The normalized spacial score (nSPS) is 10.9. The van der Waals surface area contributed by atoms with Crippen molar-refractivity contribution in [3.05, 3.63) is 90.8 Å². The lowest BCUT2D eigenvalue weighted by atomic mass is 10.2. The Bertz CT molecular complexity index is 1440. The molecule has 5 aromatic rings. The molecule has 0 aliphatic heterocycles. The number of thioether (sulfide) groups is 1. The van der Waals surface area contributed by atoms with Crippen LogP contribution in [0.15, 0.2) is 88.8 Å². The van der Waals surface area contributed by atoms with Crippen LogP contribution in [0, 0.1) is 5.82 Å². The van der Waals surface area contributed by atoms with E-state index in [1.54, 1.807) is 47.3 Å². The van der Waals surface area contributed by atoms with Gasteiger partial charge < -0.3 is 9.26 Å². The molecule has 0 aliphatic rings. The van der Waals surface area contributed by atoms with Crippen LogP contribution >= 0.6 is 11.8 Å². The summed E-state index contributed by atoms with van der Waals surface area (Å²) in [6.45, 7) is -0.168. The van der Waals surface area contributed by atoms with E-state index in [9.17, 15) is 9.18 Å². The largest absolute Gasteiger partial charge is 0.455 e. The highest BCUT2D eigenvalue weighted by molar-refractivity contribution is 7.99. The van der Waals surface area contributed by atoms with Gasteiger partial charge in [-0.25, -0.2) is 4.39 Å². The van der Waals surface area contributed by atoms with Gasteiger partial charge in [0.1, 0.15) is 5.82 Å². The zero-order valence-electron chi connectivity index (χ0n) is 18.1. The number of aromatic nitrogens is 6. The molecule has 0 radical (unpaired) electrons. The molecule has 0 amide bonds. The van der Waals surface area contributed by atoms with Crippen LogP contribution in [0.4, 0.5) is 4.39 Å². The second kappa shape index (κ2) is 10.3. The second-order valence-electron chi connectivity index (χ2n) is 7.16. The molecule has 174 valence electrons. The van der Waals surface area contributed by atoms with Crippen molar-refractivity contribution in [2.45, 2.75) is 11.8 Å². The lowest BCUT2D eigenvalue weighted by Gasteiger charge is -2.10. The molecule has 9 nitrogen and oxygen atoms in total. The van der Waals surface area contributed by atoms with E-state index in [0.29, 0.717) is 27.9 Å². The Morgan fingerprint density at radius 2 is 1.86 bits per heavy atom. The summed E-state index contributed by atoms with van der Waals surface area (Å²) in [6, 6.07) is 19.2. The monoisotopic (exact) mass is 488 g/mol. The molecule has 3 aromatic heterocycles. The van der Waals surface area contributed by atoms with Gasteiger partial charge in [-0.1, -0.05) is 47.3 Å². The molecule has 2 aromatic carbocycles. The summed E-state index contributed by atoms with van der Waals surface area (Å²) < 4.78 is 26.6. The Hall–Kier alpha value is -4.38. The Balaban J connectivity index is 1.28. The van der Waals surface area contributed by atoms with E-state index >= 15 is 0 Å². The number of nitrogens with zero attached hydrogens (tertiary/aromatic N) is 6. The Morgan fingerprint density at radius 1 is 1.03 bits per heavy atom. The third-order valence-electron chi connectivity index (χ3n) is 4.83. The smallest absolute Gasteiger partial charge is 0.316 e.